The number of alkyl halides is 3. The molecule has 2 unspecified atom stereocenters. The van der Waals surface area contributed by atoms with Crippen LogP contribution in [0.3, 0.4) is 0 Å². The topological polar surface area (TPSA) is 59.0 Å². The predicted molar refractivity (Wildman–Crippen MR) is 86.8 cm³/mol. The maximum Gasteiger partial charge on any atom is 0.413 e. The fourth-order valence-corrected chi connectivity index (χ4v) is 4.49. The van der Waals surface area contributed by atoms with Crippen LogP contribution in [0.4, 0.5) is 18.0 Å². The number of aryl methyl sites for hydroxylation is 1. The molecule has 25 heavy (non-hydrogen) atoms. The molecule has 2 amide bonds. The number of halogens is 3. The van der Waals surface area contributed by atoms with Gasteiger partial charge in [-0.3, -0.25) is 4.68 Å². The minimum atomic E-state index is -4.57. The number of urea groups is 1. The van der Waals surface area contributed by atoms with E-state index in [0.717, 1.165) is 51.1 Å². The largest absolute Gasteiger partial charge is 0.413 e. The molecule has 2 fully saturated rings. The van der Waals surface area contributed by atoms with Gasteiger partial charge < -0.3 is 10.6 Å². The molecule has 2 atom stereocenters. The molecule has 0 aliphatic heterocycles. The highest BCUT2D eigenvalue weighted by Crippen LogP contribution is 2.49. The first kappa shape index (κ1) is 18.1. The fraction of sp³-hybridized carbons (Fsp3) is 0.765. The minimum absolute atomic E-state index is 0.0319. The van der Waals surface area contributed by atoms with E-state index in [1.54, 1.807) is 7.05 Å². The van der Waals surface area contributed by atoms with E-state index in [4.69, 9.17) is 0 Å². The smallest absolute Gasteiger partial charge is 0.335 e. The molecular weight excluding hydrogens is 333 g/mol. The fourth-order valence-electron chi connectivity index (χ4n) is 4.49. The molecule has 2 saturated carbocycles. The summed E-state index contributed by atoms with van der Waals surface area (Å²) in [6.45, 7) is 0. The quantitative estimate of drug-likeness (QED) is 0.863. The first-order valence-electron chi connectivity index (χ1n) is 8.92. The molecule has 8 heteroatoms. The second-order valence-corrected chi connectivity index (χ2v) is 7.41. The molecule has 2 N–H and O–H groups in total. The molecule has 1 heterocycles. The molecule has 0 bridgehead atoms. The summed E-state index contributed by atoms with van der Waals surface area (Å²) in [6, 6.07) is -2.83. The van der Waals surface area contributed by atoms with E-state index in [0.29, 0.717) is 0 Å². The summed E-state index contributed by atoms with van der Waals surface area (Å²) in [5.41, 5.74) is 0.0152. The SMILES string of the molecule is Cn1cc(C(NC(=O)NC2CCCC23CCCCC3)C(F)(F)F)cn1. The Bertz CT molecular complexity index is 607. The monoisotopic (exact) mass is 358 g/mol. The summed E-state index contributed by atoms with van der Waals surface area (Å²) in [4.78, 5) is 12.3. The molecule has 0 radical (unpaired) electrons. The number of hydrogen-bond donors (Lipinski definition) is 2. The van der Waals surface area contributed by atoms with Crippen molar-refractivity contribution in [3.63, 3.8) is 0 Å². The van der Waals surface area contributed by atoms with E-state index >= 15 is 0 Å². The highest BCUT2D eigenvalue weighted by Gasteiger charge is 2.46. The molecule has 0 saturated heterocycles. The predicted octanol–water partition coefficient (Wildman–Crippen LogP) is 3.83. The van der Waals surface area contributed by atoms with Crippen LogP contribution in [0, 0.1) is 5.41 Å². The van der Waals surface area contributed by atoms with Gasteiger partial charge in [-0.1, -0.05) is 25.7 Å². The second kappa shape index (κ2) is 6.88. The maximum absolute atomic E-state index is 13.4. The molecule has 2 aliphatic rings. The number of aromatic nitrogens is 2. The first-order chi connectivity index (χ1) is 11.8. The summed E-state index contributed by atoms with van der Waals surface area (Å²) in [5.74, 6) is 0. The van der Waals surface area contributed by atoms with Crippen molar-refractivity contribution in [2.75, 3.05) is 0 Å². The summed E-state index contributed by atoms with van der Waals surface area (Å²) in [7, 11) is 1.54. The van der Waals surface area contributed by atoms with Crippen LogP contribution in [0.1, 0.15) is 63.0 Å². The van der Waals surface area contributed by atoms with Gasteiger partial charge in [0, 0.05) is 24.8 Å². The van der Waals surface area contributed by atoms with E-state index in [1.807, 2.05) is 0 Å². The van der Waals surface area contributed by atoms with Gasteiger partial charge in [0.25, 0.3) is 0 Å². The van der Waals surface area contributed by atoms with Gasteiger partial charge in [-0.05, 0) is 31.1 Å². The van der Waals surface area contributed by atoms with Crippen molar-refractivity contribution in [1.29, 1.82) is 0 Å². The third-order valence-corrected chi connectivity index (χ3v) is 5.72. The summed E-state index contributed by atoms with van der Waals surface area (Å²) in [6.07, 6.45) is 6.37. The summed E-state index contributed by atoms with van der Waals surface area (Å²) >= 11 is 0. The maximum atomic E-state index is 13.4. The van der Waals surface area contributed by atoms with Crippen molar-refractivity contribution in [2.45, 2.75) is 69.6 Å². The van der Waals surface area contributed by atoms with Gasteiger partial charge in [0.2, 0.25) is 0 Å². The molecule has 1 spiro atoms. The van der Waals surface area contributed by atoms with Crippen molar-refractivity contribution < 1.29 is 18.0 Å². The zero-order chi connectivity index (χ0) is 18.1. The second-order valence-electron chi connectivity index (χ2n) is 7.41. The number of hydrogen-bond acceptors (Lipinski definition) is 2. The molecule has 2 aliphatic carbocycles. The van der Waals surface area contributed by atoms with E-state index in [1.165, 1.54) is 17.3 Å². The van der Waals surface area contributed by atoms with Gasteiger partial charge >= 0.3 is 12.2 Å². The Kier molecular flexibility index (Phi) is 4.97. The van der Waals surface area contributed by atoms with Gasteiger partial charge in [0.1, 0.15) is 0 Å². The van der Waals surface area contributed by atoms with E-state index < -0.39 is 18.2 Å². The van der Waals surface area contributed by atoms with Crippen LogP contribution in [-0.4, -0.2) is 28.0 Å². The van der Waals surface area contributed by atoms with Gasteiger partial charge in [-0.2, -0.15) is 18.3 Å². The van der Waals surface area contributed by atoms with Crippen molar-refractivity contribution >= 4 is 6.03 Å². The van der Waals surface area contributed by atoms with Crippen LogP contribution in [0.25, 0.3) is 0 Å². The lowest BCUT2D eigenvalue weighted by Crippen LogP contribution is -2.51. The third kappa shape index (κ3) is 3.93. The number of carbonyl (C=O) groups is 1. The zero-order valence-electron chi connectivity index (χ0n) is 14.4. The molecular formula is C17H25F3N4O. The average Bonchev–Trinajstić information content (AvgIpc) is 3.12. The molecule has 5 nitrogen and oxygen atoms in total. The Morgan fingerprint density at radius 3 is 2.56 bits per heavy atom. The number of rotatable bonds is 3. The average molecular weight is 358 g/mol. The Hall–Kier alpha value is -1.73. The van der Waals surface area contributed by atoms with E-state index in [9.17, 15) is 18.0 Å². The lowest BCUT2D eigenvalue weighted by molar-refractivity contribution is -0.155. The van der Waals surface area contributed by atoms with Gasteiger partial charge in [0.05, 0.1) is 6.20 Å². The Labute approximate surface area is 145 Å². The van der Waals surface area contributed by atoms with Crippen LogP contribution in [0.15, 0.2) is 12.4 Å². The highest BCUT2D eigenvalue weighted by atomic mass is 19.4. The highest BCUT2D eigenvalue weighted by molar-refractivity contribution is 5.75. The van der Waals surface area contributed by atoms with Crippen LogP contribution < -0.4 is 10.6 Å². The standard InChI is InChI=1S/C17H25F3N4O/c1-24-11-12(10-21-24)14(17(18,19)20)23-15(25)22-13-6-5-9-16(13)7-3-2-4-8-16/h10-11,13-14H,2-9H2,1H3,(H2,22,23,25). The van der Waals surface area contributed by atoms with Gasteiger partial charge in [-0.15, -0.1) is 0 Å². The van der Waals surface area contributed by atoms with Crippen molar-refractivity contribution in [3.8, 4) is 0 Å². The Morgan fingerprint density at radius 1 is 1.28 bits per heavy atom. The lowest BCUT2D eigenvalue weighted by atomic mass is 9.70. The van der Waals surface area contributed by atoms with Crippen molar-refractivity contribution in [3.05, 3.63) is 18.0 Å². The number of nitrogens with one attached hydrogen (secondary N) is 2. The van der Waals surface area contributed by atoms with Crippen LogP contribution in [-0.2, 0) is 7.05 Å². The number of nitrogens with zero attached hydrogens (tertiary/aromatic N) is 2. The van der Waals surface area contributed by atoms with Gasteiger partial charge in [0.15, 0.2) is 6.04 Å². The van der Waals surface area contributed by atoms with Crippen molar-refractivity contribution in [1.82, 2.24) is 20.4 Å². The lowest BCUT2D eigenvalue weighted by Gasteiger charge is -2.39. The van der Waals surface area contributed by atoms with Crippen molar-refractivity contribution in [2.24, 2.45) is 12.5 Å². The number of carbonyl (C=O) groups excluding carboxylic acids is 1. The molecule has 3 rings (SSSR count). The number of amides is 2. The van der Waals surface area contributed by atoms with E-state index in [-0.39, 0.29) is 17.0 Å². The first-order valence-corrected chi connectivity index (χ1v) is 8.92. The minimum Gasteiger partial charge on any atom is -0.335 e. The normalized spacial score (nSPS) is 24.2. The Morgan fingerprint density at radius 2 is 1.96 bits per heavy atom. The Balaban J connectivity index is 1.67. The van der Waals surface area contributed by atoms with Crippen LogP contribution >= 0.6 is 0 Å². The van der Waals surface area contributed by atoms with E-state index in [2.05, 4.69) is 15.7 Å². The zero-order valence-corrected chi connectivity index (χ0v) is 14.4. The molecule has 140 valence electrons. The molecule has 1 aromatic heterocycles. The van der Waals surface area contributed by atoms with Crippen LogP contribution in [0.2, 0.25) is 0 Å². The van der Waals surface area contributed by atoms with Gasteiger partial charge in [-0.25, -0.2) is 4.79 Å². The molecule has 0 aromatic carbocycles. The third-order valence-electron chi connectivity index (χ3n) is 5.72. The summed E-state index contributed by atoms with van der Waals surface area (Å²) < 4.78 is 41.4. The van der Waals surface area contributed by atoms with Crippen LogP contribution in [0.5, 0.6) is 0 Å². The molecule has 1 aromatic rings. The summed E-state index contributed by atoms with van der Waals surface area (Å²) in [5, 5.41) is 8.72.